The lowest BCUT2D eigenvalue weighted by atomic mass is 10.2. The minimum Gasteiger partial charge on any atom is -0.357 e. The van der Waals surface area contributed by atoms with Crippen molar-refractivity contribution in [2.45, 2.75) is 51.2 Å². The average molecular weight is 291 g/mol. The largest absolute Gasteiger partial charge is 0.357 e. The standard InChI is InChI=1S/C15H25N5O/c1-10-12(9-17-11-6-7-11)15(19(3)18-10)20-8-4-5-13(20)14(21)16-2/h11,13,17H,4-9H2,1-3H3,(H,16,21). The number of aromatic nitrogens is 2. The van der Waals surface area contributed by atoms with Crippen LogP contribution in [0.5, 0.6) is 0 Å². The van der Waals surface area contributed by atoms with E-state index in [-0.39, 0.29) is 11.9 Å². The van der Waals surface area contributed by atoms with Crippen molar-refractivity contribution in [2.75, 3.05) is 18.5 Å². The van der Waals surface area contributed by atoms with Gasteiger partial charge in [0.15, 0.2) is 0 Å². The van der Waals surface area contributed by atoms with Crippen LogP contribution < -0.4 is 15.5 Å². The van der Waals surface area contributed by atoms with Crippen LogP contribution >= 0.6 is 0 Å². The van der Waals surface area contributed by atoms with Gasteiger partial charge in [-0.25, -0.2) is 0 Å². The van der Waals surface area contributed by atoms with Gasteiger partial charge in [0.1, 0.15) is 11.9 Å². The molecule has 2 aliphatic rings. The first-order chi connectivity index (χ1) is 10.1. The number of nitrogens with one attached hydrogen (secondary N) is 2. The zero-order chi connectivity index (χ0) is 15.0. The number of nitrogens with zero attached hydrogens (tertiary/aromatic N) is 3. The van der Waals surface area contributed by atoms with Gasteiger partial charge in [-0.3, -0.25) is 9.48 Å². The van der Waals surface area contributed by atoms with Crippen molar-refractivity contribution >= 4 is 11.7 Å². The monoisotopic (exact) mass is 291 g/mol. The molecule has 6 heteroatoms. The fourth-order valence-corrected chi connectivity index (χ4v) is 3.25. The van der Waals surface area contributed by atoms with Gasteiger partial charge in [-0.2, -0.15) is 5.10 Å². The highest BCUT2D eigenvalue weighted by atomic mass is 16.2. The van der Waals surface area contributed by atoms with Crippen LogP contribution in [0.25, 0.3) is 0 Å². The van der Waals surface area contributed by atoms with Crippen LogP contribution in [0, 0.1) is 6.92 Å². The topological polar surface area (TPSA) is 62.2 Å². The van der Waals surface area contributed by atoms with Crippen LogP contribution in [0.15, 0.2) is 0 Å². The van der Waals surface area contributed by atoms with Gasteiger partial charge >= 0.3 is 0 Å². The molecule has 1 aliphatic heterocycles. The lowest BCUT2D eigenvalue weighted by molar-refractivity contribution is -0.121. The second-order valence-corrected chi connectivity index (χ2v) is 6.13. The van der Waals surface area contributed by atoms with Crippen LogP contribution in [0.4, 0.5) is 5.82 Å². The summed E-state index contributed by atoms with van der Waals surface area (Å²) in [7, 11) is 3.69. The molecule has 0 aromatic carbocycles. The first-order valence-corrected chi connectivity index (χ1v) is 7.86. The highest BCUT2D eigenvalue weighted by molar-refractivity contribution is 5.85. The van der Waals surface area contributed by atoms with Crippen molar-refractivity contribution in [3.8, 4) is 0 Å². The smallest absolute Gasteiger partial charge is 0.242 e. The number of carbonyl (C=O) groups excluding carboxylic acids is 1. The summed E-state index contributed by atoms with van der Waals surface area (Å²) in [4.78, 5) is 14.3. The van der Waals surface area contributed by atoms with Crippen molar-refractivity contribution in [1.29, 1.82) is 0 Å². The Morgan fingerprint density at radius 2 is 2.14 bits per heavy atom. The number of anilines is 1. The lowest BCUT2D eigenvalue weighted by Crippen LogP contribution is -2.43. The number of amides is 1. The molecule has 1 aliphatic carbocycles. The third-order valence-corrected chi connectivity index (χ3v) is 4.53. The van der Waals surface area contributed by atoms with Gasteiger partial charge in [-0.1, -0.05) is 0 Å². The van der Waals surface area contributed by atoms with Crippen LogP contribution in [0.3, 0.4) is 0 Å². The highest BCUT2D eigenvalue weighted by Crippen LogP contribution is 2.31. The van der Waals surface area contributed by atoms with E-state index < -0.39 is 0 Å². The number of hydrogen-bond acceptors (Lipinski definition) is 4. The van der Waals surface area contributed by atoms with Crippen molar-refractivity contribution in [1.82, 2.24) is 20.4 Å². The molecule has 6 nitrogen and oxygen atoms in total. The van der Waals surface area contributed by atoms with Crippen molar-refractivity contribution in [3.05, 3.63) is 11.3 Å². The van der Waals surface area contributed by atoms with E-state index in [9.17, 15) is 4.79 Å². The zero-order valence-electron chi connectivity index (χ0n) is 13.1. The molecule has 0 radical (unpaired) electrons. The molecular formula is C15H25N5O. The summed E-state index contributed by atoms with van der Waals surface area (Å²) in [5.74, 6) is 1.21. The van der Waals surface area contributed by atoms with Crippen LogP contribution in [-0.2, 0) is 18.4 Å². The van der Waals surface area contributed by atoms with E-state index in [0.29, 0.717) is 6.04 Å². The third-order valence-electron chi connectivity index (χ3n) is 4.53. The van der Waals surface area contributed by atoms with Gasteiger partial charge in [0.2, 0.25) is 5.91 Å². The SMILES string of the molecule is CNC(=O)C1CCCN1c1c(CNC2CC2)c(C)nn1C. The Morgan fingerprint density at radius 3 is 2.81 bits per heavy atom. The summed E-state index contributed by atoms with van der Waals surface area (Å²) in [6.45, 7) is 3.82. The van der Waals surface area contributed by atoms with Gasteiger partial charge in [0.05, 0.1) is 5.69 Å². The molecule has 2 fully saturated rings. The van der Waals surface area contributed by atoms with Gasteiger partial charge in [-0.05, 0) is 32.6 Å². The Kier molecular flexibility index (Phi) is 3.89. The van der Waals surface area contributed by atoms with Crippen molar-refractivity contribution in [3.63, 3.8) is 0 Å². The molecule has 2 heterocycles. The highest BCUT2D eigenvalue weighted by Gasteiger charge is 2.34. The van der Waals surface area contributed by atoms with Crippen LogP contribution in [0.1, 0.15) is 36.9 Å². The van der Waals surface area contributed by atoms with Crippen molar-refractivity contribution in [2.24, 2.45) is 7.05 Å². The van der Waals surface area contributed by atoms with Gasteiger partial charge < -0.3 is 15.5 Å². The first kappa shape index (κ1) is 14.4. The van der Waals surface area contributed by atoms with E-state index in [1.807, 2.05) is 11.7 Å². The maximum atomic E-state index is 12.1. The molecule has 1 saturated heterocycles. The second-order valence-electron chi connectivity index (χ2n) is 6.13. The Balaban J connectivity index is 1.86. The molecule has 0 bridgehead atoms. The van der Waals surface area contributed by atoms with E-state index in [2.05, 4.69) is 27.6 Å². The molecule has 21 heavy (non-hydrogen) atoms. The number of carbonyl (C=O) groups is 1. The minimum atomic E-state index is -0.0653. The Labute approximate surface area is 125 Å². The summed E-state index contributed by atoms with van der Waals surface area (Å²) in [6.07, 6.45) is 4.52. The normalized spacial score (nSPS) is 21.9. The number of aryl methyl sites for hydroxylation is 2. The van der Waals surface area contributed by atoms with E-state index in [4.69, 9.17) is 0 Å². The zero-order valence-corrected chi connectivity index (χ0v) is 13.1. The molecular weight excluding hydrogens is 266 g/mol. The van der Waals surface area contributed by atoms with Gasteiger partial charge in [0.25, 0.3) is 0 Å². The molecule has 1 atom stereocenters. The molecule has 2 N–H and O–H groups in total. The molecule has 3 rings (SSSR count). The molecule has 1 unspecified atom stereocenters. The Morgan fingerprint density at radius 1 is 1.38 bits per heavy atom. The summed E-state index contributed by atoms with van der Waals surface area (Å²) in [5, 5.41) is 10.9. The fraction of sp³-hybridized carbons (Fsp3) is 0.733. The fourth-order valence-electron chi connectivity index (χ4n) is 3.25. The number of likely N-dealkylation sites (N-methyl/N-ethyl adjacent to an activating group) is 1. The first-order valence-electron chi connectivity index (χ1n) is 7.86. The molecule has 1 saturated carbocycles. The maximum Gasteiger partial charge on any atom is 0.242 e. The van der Waals surface area contributed by atoms with Crippen molar-refractivity contribution < 1.29 is 4.79 Å². The molecule has 1 aromatic rings. The maximum absolute atomic E-state index is 12.1. The molecule has 0 spiro atoms. The van der Waals surface area contributed by atoms with E-state index >= 15 is 0 Å². The van der Waals surface area contributed by atoms with Crippen LogP contribution in [-0.4, -0.2) is 41.4 Å². The number of hydrogen-bond donors (Lipinski definition) is 2. The third kappa shape index (κ3) is 2.77. The van der Waals surface area contributed by atoms with Crippen LogP contribution in [0.2, 0.25) is 0 Å². The average Bonchev–Trinajstić information content (AvgIpc) is 3.09. The second kappa shape index (κ2) is 5.67. The molecule has 1 amide bonds. The lowest BCUT2D eigenvalue weighted by Gasteiger charge is -2.26. The summed E-state index contributed by atoms with van der Waals surface area (Å²) >= 11 is 0. The van der Waals surface area contributed by atoms with E-state index in [1.54, 1.807) is 7.05 Å². The predicted molar refractivity (Wildman–Crippen MR) is 82.2 cm³/mol. The van der Waals surface area contributed by atoms with Gasteiger partial charge in [0, 0.05) is 38.8 Å². The summed E-state index contributed by atoms with van der Waals surface area (Å²) < 4.78 is 1.93. The Hall–Kier alpha value is -1.56. The molecule has 116 valence electrons. The van der Waals surface area contributed by atoms with Gasteiger partial charge in [-0.15, -0.1) is 0 Å². The minimum absolute atomic E-state index is 0.0653. The summed E-state index contributed by atoms with van der Waals surface area (Å²) in [6, 6.07) is 0.607. The van der Waals surface area contributed by atoms with E-state index in [0.717, 1.165) is 37.4 Å². The number of rotatable bonds is 5. The predicted octanol–water partition coefficient (Wildman–Crippen LogP) is 0.695. The summed E-state index contributed by atoms with van der Waals surface area (Å²) in [5.41, 5.74) is 2.29. The Bertz CT molecular complexity index is 534. The molecule has 1 aromatic heterocycles. The van der Waals surface area contributed by atoms with E-state index in [1.165, 1.54) is 18.4 Å². The quantitative estimate of drug-likeness (QED) is 0.838.